The molecular formula is C18H21N3O3. The lowest BCUT2D eigenvalue weighted by molar-refractivity contribution is -0.117. The first-order valence-corrected chi connectivity index (χ1v) is 7.65. The van der Waals surface area contributed by atoms with Crippen molar-refractivity contribution in [3.05, 3.63) is 59.9 Å². The Hall–Kier alpha value is -2.73. The number of hydrogen-bond acceptors (Lipinski definition) is 5. The molecule has 1 aromatic carbocycles. The van der Waals surface area contributed by atoms with Gasteiger partial charge < -0.3 is 10.1 Å². The van der Waals surface area contributed by atoms with Crippen LogP contribution in [0.1, 0.15) is 16.1 Å². The van der Waals surface area contributed by atoms with E-state index < -0.39 is 5.97 Å². The molecule has 6 heteroatoms. The number of aromatic nitrogens is 1. The molecule has 0 atom stereocenters. The molecule has 0 saturated heterocycles. The fraction of sp³-hybridized carbons (Fsp3) is 0.278. The van der Waals surface area contributed by atoms with E-state index in [0.717, 1.165) is 18.7 Å². The fourth-order valence-corrected chi connectivity index (χ4v) is 2.18. The van der Waals surface area contributed by atoms with E-state index in [0.29, 0.717) is 11.3 Å². The van der Waals surface area contributed by atoms with Crippen LogP contribution in [0, 0.1) is 0 Å². The van der Waals surface area contributed by atoms with Crippen LogP contribution in [0.25, 0.3) is 0 Å². The van der Waals surface area contributed by atoms with Gasteiger partial charge in [0.15, 0.2) is 0 Å². The normalized spacial score (nSPS) is 10.5. The Morgan fingerprint density at radius 1 is 1.17 bits per heavy atom. The summed E-state index contributed by atoms with van der Waals surface area (Å²) in [4.78, 5) is 29.6. The quantitative estimate of drug-likeness (QED) is 0.787. The van der Waals surface area contributed by atoms with Crippen LogP contribution in [0.2, 0.25) is 0 Å². The molecule has 2 rings (SSSR count). The molecule has 1 aromatic heterocycles. The summed E-state index contributed by atoms with van der Waals surface area (Å²) in [6.07, 6.45) is 2.55. The highest BCUT2D eigenvalue weighted by atomic mass is 16.5. The molecule has 0 radical (unpaired) electrons. The number of carbonyl (C=O) groups is 2. The van der Waals surface area contributed by atoms with Gasteiger partial charge in [-0.1, -0.05) is 6.07 Å². The minimum Gasteiger partial charge on any atom is -0.465 e. The van der Waals surface area contributed by atoms with Crippen molar-refractivity contribution >= 4 is 17.6 Å². The van der Waals surface area contributed by atoms with Gasteiger partial charge in [-0.3, -0.25) is 14.7 Å². The second-order valence-electron chi connectivity index (χ2n) is 5.43. The average Bonchev–Trinajstić information content (AvgIpc) is 2.60. The van der Waals surface area contributed by atoms with E-state index in [2.05, 4.69) is 15.0 Å². The molecule has 1 amide bonds. The maximum absolute atomic E-state index is 12.0. The van der Waals surface area contributed by atoms with Crippen molar-refractivity contribution in [2.45, 2.75) is 6.42 Å². The van der Waals surface area contributed by atoms with Gasteiger partial charge in [0.05, 0.1) is 19.2 Å². The number of anilines is 1. The summed E-state index contributed by atoms with van der Waals surface area (Å²) in [5, 5.41) is 2.81. The Morgan fingerprint density at radius 3 is 2.54 bits per heavy atom. The number of nitrogens with zero attached hydrogens (tertiary/aromatic N) is 2. The van der Waals surface area contributed by atoms with Gasteiger partial charge in [-0.15, -0.1) is 0 Å². The lowest BCUT2D eigenvalue weighted by Crippen LogP contribution is -2.31. The van der Waals surface area contributed by atoms with Gasteiger partial charge in [0.1, 0.15) is 0 Å². The van der Waals surface area contributed by atoms with Gasteiger partial charge >= 0.3 is 5.97 Å². The fourth-order valence-electron chi connectivity index (χ4n) is 2.18. The van der Waals surface area contributed by atoms with E-state index in [1.165, 1.54) is 7.11 Å². The minimum absolute atomic E-state index is 0.107. The lowest BCUT2D eigenvalue weighted by Gasteiger charge is -2.16. The summed E-state index contributed by atoms with van der Waals surface area (Å²) in [5.41, 5.74) is 2.09. The van der Waals surface area contributed by atoms with Gasteiger partial charge in [0.25, 0.3) is 0 Å². The SMILES string of the molecule is COC(=O)c1ccc(NC(=O)CN(C)CCc2ccccn2)cc1. The highest BCUT2D eigenvalue weighted by Crippen LogP contribution is 2.10. The van der Waals surface area contributed by atoms with E-state index in [4.69, 9.17) is 0 Å². The molecule has 24 heavy (non-hydrogen) atoms. The predicted octanol–water partition coefficient (Wildman–Crippen LogP) is 1.98. The highest BCUT2D eigenvalue weighted by molar-refractivity contribution is 5.93. The summed E-state index contributed by atoms with van der Waals surface area (Å²) in [5.74, 6) is -0.508. The average molecular weight is 327 g/mol. The molecule has 0 aliphatic rings. The molecule has 6 nitrogen and oxygen atoms in total. The van der Waals surface area contributed by atoms with Gasteiger partial charge in [0.2, 0.25) is 5.91 Å². The molecule has 2 aromatic rings. The Balaban J connectivity index is 1.78. The summed E-state index contributed by atoms with van der Waals surface area (Å²) >= 11 is 0. The molecule has 126 valence electrons. The van der Waals surface area contributed by atoms with Crippen molar-refractivity contribution in [3.8, 4) is 0 Å². The first kappa shape index (κ1) is 17.6. The number of rotatable bonds is 7. The second-order valence-corrected chi connectivity index (χ2v) is 5.43. The first-order valence-electron chi connectivity index (χ1n) is 7.65. The summed E-state index contributed by atoms with van der Waals surface area (Å²) in [6.45, 7) is 1.03. The Kier molecular flexibility index (Phi) is 6.45. The number of carbonyl (C=O) groups excluding carboxylic acids is 2. The Bertz CT molecular complexity index is 672. The molecular weight excluding hydrogens is 306 g/mol. The predicted molar refractivity (Wildman–Crippen MR) is 91.8 cm³/mol. The smallest absolute Gasteiger partial charge is 0.337 e. The largest absolute Gasteiger partial charge is 0.465 e. The maximum Gasteiger partial charge on any atom is 0.337 e. The zero-order valence-electron chi connectivity index (χ0n) is 13.9. The second kappa shape index (κ2) is 8.79. The van der Waals surface area contributed by atoms with Crippen molar-refractivity contribution in [1.82, 2.24) is 9.88 Å². The van der Waals surface area contributed by atoms with Crippen LogP contribution in [0.4, 0.5) is 5.69 Å². The number of nitrogens with one attached hydrogen (secondary N) is 1. The number of ether oxygens (including phenoxy) is 1. The molecule has 1 heterocycles. The molecule has 0 aliphatic carbocycles. The van der Waals surface area contributed by atoms with Gasteiger partial charge in [-0.2, -0.15) is 0 Å². The molecule has 0 saturated carbocycles. The van der Waals surface area contributed by atoms with Crippen LogP contribution < -0.4 is 5.32 Å². The number of esters is 1. The molecule has 0 bridgehead atoms. The summed E-state index contributed by atoms with van der Waals surface area (Å²) in [6, 6.07) is 12.4. The van der Waals surface area contributed by atoms with Crippen LogP contribution >= 0.6 is 0 Å². The van der Waals surface area contributed by atoms with Crippen molar-refractivity contribution in [1.29, 1.82) is 0 Å². The number of likely N-dealkylation sites (N-methyl/N-ethyl adjacent to an activating group) is 1. The minimum atomic E-state index is -0.401. The van der Waals surface area contributed by atoms with Crippen LogP contribution in [0.3, 0.4) is 0 Å². The summed E-state index contributed by atoms with van der Waals surface area (Å²) < 4.78 is 4.64. The third-order valence-electron chi connectivity index (χ3n) is 3.48. The van der Waals surface area contributed by atoms with Crippen LogP contribution in [0.15, 0.2) is 48.7 Å². The van der Waals surface area contributed by atoms with E-state index in [9.17, 15) is 9.59 Å². The molecule has 0 unspecified atom stereocenters. The molecule has 0 spiro atoms. The number of methoxy groups -OCH3 is 1. The molecule has 1 N–H and O–H groups in total. The van der Waals surface area contributed by atoms with Crippen LogP contribution in [-0.2, 0) is 16.0 Å². The zero-order valence-corrected chi connectivity index (χ0v) is 13.9. The topological polar surface area (TPSA) is 71.5 Å². The number of amides is 1. The number of hydrogen-bond donors (Lipinski definition) is 1. The van der Waals surface area contributed by atoms with Crippen molar-refractivity contribution in [3.63, 3.8) is 0 Å². The van der Waals surface area contributed by atoms with Crippen LogP contribution in [-0.4, -0.2) is 49.0 Å². The molecule has 0 fully saturated rings. The van der Waals surface area contributed by atoms with Gasteiger partial charge in [-0.25, -0.2) is 4.79 Å². The van der Waals surface area contributed by atoms with Gasteiger partial charge in [-0.05, 0) is 43.4 Å². The monoisotopic (exact) mass is 327 g/mol. The Morgan fingerprint density at radius 2 is 1.92 bits per heavy atom. The Labute approximate surface area is 141 Å². The van der Waals surface area contributed by atoms with Crippen molar-refractivity contribution in [2.24, 2.45) is 0 Å². The molecule has 0 aliphatic heterocycles. The third-order valence-corrected chi connectivity index (χ3v) is 3.48. The number of pyridine rings is 1. The van der Waals surface area contributed by atoms with E-state index in [1.54, 1.807) is 30.5 Å². The summed E-state index contributed by atoms with van der Waals surface area (Å²) in [7, 11) is 3.22. The van der Waals surface area contributed by atoms with E-state index >= 15 is 0 Å². The zero-order chi connectivity index (χ0) is 17.4. The van der Waals surface area contributed by atoms with E-state index in [1.807, 2.05) is 30.1 Å². The lowest BCUT2D eigenvalue weighted by atomic mass is 10.2. The highest BCUT2D eigenvalue weighted by Gasteiger charge is 2.09. The number of benzene rings is 1. The third kappa shape index (κ3) is 5.48. The first-order chi connectivity index (χ1) is 11.6. The standard InChI is InChI=1S/C18H21N3O3/c1-21(12-10-15-5-3-4-11-19-15)13-17(22)20-16-8-6-14(7-9-16)18(23)24-2/h3-9,11H,10,12-13H2,1-2H3,(H,20,22). The van der Waals surface area contributed by atoms with Crippen LogP contribution in [0.5, 0.6) is 0 Å². The van der Waals surface area contributed by atoms with Crippen molar-refractivity contribution in [2.75, 3.05) is 32.6 Å². The maximum atomic E-state index is 12.0. The van der Waals surface area contributed by atoms with Crippen molar-refractivity contribution < 1.29 is 14.3 Å². The van der Waals surface area contributed by atoms with E-state index in [-0.39, 0.29) is 12.5 Å². The van der Waals surface area contributed by atoms with Gasteiger partial charge in [0, 0.05) is 30.5 Å².